The lowest BCUT2D eigenvalue weighted by Crippen LogP contribution is -2.39. The average Bonchev–Trinajstić information content (AvgIpc) is 2.72. The number of amides is 1. The van der Waals surface area contributed by atoms with Crippen molar-refractivity contribution in [2.75, 3.05) is 25.0 Å². The number of carbonyl (C=O) groups excluding carboxylic acids is 1. The molecular weight excluding hydrogens is 334 g/mol. The van der Waals surface area contributed by atoms with Crippen LogP contribution < -0.4 is 4.90 Å². The number of carbonyl (C=O) groups is 1. The Morgan fingerprint density at radius 2 is 1.89 bits per heavy atom. The number of benzene rings is 1. The van der Waals surface area contributed by atoms with Crippen LogP contribution in [0.3, 0.4) is 0 Å². The lowest BCUT2D eigenvalue weighted by Gasteiger charge is -2.33. The molecule has 1 saturated heterocycles. The first-order valence-electron chi connectivity index (χ1n) is 10.6. The number of rotatable bonds is 3. The van der Waals surface area contributed by atoms with Crippen LogP contribution in [0.2, 0.25) is 0 Å². The third-order valence-electron chi connectivity index (χ3n) is 6.36. The molecule has 1 atom stereocenters. The zero-order valence-electron chi connectivity index (χ0n) is 16.7. The molecule has 4 rings (SSSR count). The number of anilines is 1. The molecule has 2 fully saturated rings. The van der Waals surface area contributed by atoms with Crippen molar-refractivity contribution in [2.24, 2.45) is 5.92 Å². The van der Waals surface area contributed by atoms with Crippen LogP contribution in [0.25, 0.3) is 10.9 Å². The predicted molar refractivity (Wildman–Crippen MR) is 111 cm³/mol. The Morgan fingerprint density at radius 3 is 2.67 bits per heavy atom. The van der Waals surface area contributed by atoms with E-state index in [1.54, 1.807) is 0 Å². The Hall–Kier alpha value is -2.10. The van der Waals surface area contributed by atoms with Crippen molar-refractivity contribution in [2.45, 2.75) is 57.9 Å². The molecule has 1 aromatic carbocycles. The Kier molecular flexibility index (Phi) is 5.33. The van der Waals surface area contributed by atoms with Gasteiger partial charge in [0.15, 0.2) is 0 Å². The zero-order chi connectivity index (χ0) is 18.8. The van der Waals surface area contributed by atoms with Crippen LogP contribution >= 0.6 is 0 Å². The van der Waals surface area contributed by atoms with Crippen molar-refractivity contribution < 1.29 is 4.79 Å². The number of aromatic nitrogens is 1. The monoisotopic (exact) mass is 365 g/mol. The van der Waals surface area contributed by atoms with E-state index in [0.29, 0.717) is 12.0 Å². The molecule has 27 heavy (non-hydrogen) atoms. The largest absolute Gasteiger partial charge is 0.356 e. The van der Waals surface area contributed by atoms with Gasteiger partial charge in [-0.15, -0.1) is 0 Å². The maximum Gasteiger partial charge on any atom is 0.254 e. The summed E-state index contributed by atoms with van der Waals surface area (Å²) in [7, 11) is 1.98. The fraction of sp³-hybridized carbons (Fsp3) is 0.565. The van der Waals surface area contributed by atoms with Gasteiger partial charge in [0.2, 0.25) is 0 Å². The molecule has 1 saturated carbocycles. The number of piperidine rings is 1. The molecule has 1 aromatic heterocycles. The van der Waals surface area contributed by atoms with Crippen LogP contribution in [0.4, 0.5) is 5.82 Å². The lowest BCUT2D eigenvalue weighted by atomic mass is 9.94. The molecule has 2 aliphatic rings. The van der Waals surface area contributed by atoms with Crippen LogP contribution in [0.1, 0.15) is 62.2 Å². The highest BCUT2D eigenvalue weighted by Crippen LogP contribution is 2.29. The summed E-state index contributed by atoms with van der Waals surface area (Å²) in [6.45, 7) is 4.36. The van der Waals surface area contributed by atoms with Gasteiger partial charge >= 0.3 is 0 Å². The van der Waals surface area contributed by atoms with Gasteiger partial charge in [-0.2, -0.15) is 0 Å². The minimum atomic E-state index is 0.145. The second-order valence-electron chi connectivity index (χ2n) is 8.45. The molecule has 2 aromatic rings. The van der Waals surface area contributed by atoms with Gasteiger partial charge in [-0.1, -0.05) is 44.4 Å². The Bertz CT molecular complexity index is 812. The van der Waals surface area contributed by atoms with Gasteiger partial charge in [0.1, 0.15) is 5.82 Å². The van der Waals surface area contributed by atoms with Crippen molar-refractivity contribution >= 4 is 22.6 Å². The van der Waals surface area contributed by atoms with Crippen LogP contribution in [0.15, 0.2) is 30.3 Å². The molecule has 144 valence electrons. The number of pyridine rings is 1. The first-order chi connectivity index (χ1) is 13.1. The molecule has 4 heteroatoms. The number of fused-ring (bicyclic) bond motifs is 1. The maximum absolute atomic E-state index is 13.4. The molecule has 0 radical (unpaired) electrons. The molecule has 4 nitrogen and oxygen atoms in total. The van der Waals surface area contributed by atoms with E-state index in [2.05, 4.69) is 11.8 Å². The van der Waals surface area contributed by atoms with Gasteiger partial charge < -0.3 is 9.80 Å². The quantitative estimate of drug-likeness (QED) is 0.778. The summed E-state index contributed by atoms with van der Waals surface area (Å²) in [6, 6.07) is 10.5. The van der Waals surface area contributed by atoms with Crippen molar-refractivity contribution in [3.05, 3.63) is 35.9 Å². The standard InChI is InChI=1S/C23H31N3O/c1-17-9-8-14-26(16-17)22-15-20(19-12-6-7-13-21(19)24-22)23(27)25(2)18-10-4-3-5-11-18/h6-7,12-13,15,17-18H,3-5,8-11,14,16H2,1-2H3/t17-/m1/s1. The summed E-state index contributed by atoms with van der Waals surface area (Å²) in [4.78, 5) is 22.7. The summed E-state index contributed by atoms with van der Waals surface area (Å²) in [5, 5.41) is 0.971. The Balaban J connectivity index is 1.70. The summed E-state index contributed by atoms with van der Waals surface area (Å²) in [5.74, 6) is 1.78. The van der Waals surface area contributed by atoms with Gasteiger partial charge in [-0.05, 0) is 43.7 Å². The molecule has 2 heterocycles. The van der Waals surface area contributed by atoms with E-state index in [0.717, 1.165) is 48.2 Å². The summed E-state index contributed by atoms with van der Waals surface area (Å²) >= 11 is 0. The highest BCUT2D eigenvalue weighted by Gasteiger charge is 2.26. The molecule has 0 N–H and O–H groups in total. The number of hydrogen-bond acceptors (Lipinski definition) is 3. The SMILES string of the molecule is C[C@@H]1CCCN(c2cc(C(=O)N(C)C3CCCCC3)c3ccccc3n2)C1. The van der Waals surface area contributed by atoms with Gasteiger partial charge in [-0.3, -0.25) is 4.79 Å². The van der Waals surface area contributed by atoms with E-state index >= 15 is 0 Å². The van der Waals surface area contributed by atoms with E-state index in [1.165, 1.54) is 32.1 Å². The molecule has 1 amide bonds. The van der Waals surface area contributed by atoms with Crippen molar-refractivity contribution in [3.8, 4) is 0 Å². The number of hydrogen-bond donors (Lipinski definition) is 0. The van der Waals surface area contributed by atoms with E-state index < -0.39 is 0 Å². The minimum absolute atomic E-state index is 0.145. The normalized spacial score (nSPS) is 21.4. The van der Waals surface area contributed by atoms with Crippen LogP contribution in [0.5, 0.6) is 0 Å². The van der Waals surface area contributed by atoms with Gasteiger partial charge in [0.05, 0.1) is 11.1 Å². The van der Waals surface area contributed by atoms with Crippen molar-refractivity contribution in [3.63, 3.8) is 0 Å². The highest BCUT2D eigenvalue weighted by atomic mass is 16.2. The van der Waals surface area contributed by atoms with Crippen molar-refractivity contribution in [1.29, 1.82) is 0 Å². The molecule has 0 spiro atoms. The fourth-order valence-electron chi connectivity index (χ4n) is 4.72. The molecular formula is C23H31N3O. The maximum atomic E-state index is 13.4. The van der Waals surface area contributed by atoms with E-state index in [9.17, 15) is 4.79 Å². The van der Waals surface area contributed by atoms with Gasteiger partial charge in [-0.25, -0.2) is 4.98 Å². The smallest absolute Gasteiger partial charge is 0.254 e. The number of para-hydroxylation sites is 1. The van der Waals surface area contributed by atoms with Crippen LogP contribution in [-0.4, -0.2) is 42.0 Å². The first-order valence-corrected chi connectivity index (χ1v) is 10.6. The van der Waals surface area contributed by atoms with E-state index in [1.807, 2.05) is 42.3 Å². The summed E-state index contributed by atoms with van der Waals surface area (Å²) in [5.41, 5.74) is 1.73. The topological polar surface area (TPSA) is 36.4 Å². The van der Waals surface area contributed by atoms with E-state index in [-0.39, 0.29) is 5.91 Å². The predicted octanol–water partition coefficient (Wildman–Crippen LogP) is 4.88. The Morgan fingerprint density at radius 1 is 1.11 bits per heavy atom. The summed E-state index contributed by atoms with van der Waals surface area (Å²) < 4.78 is 0. The van der Waals surface area contributed by atoms with Gasteiger partial charge in [0, 0.05) is 31.6 Å². The molecule has 0 unspecified atom stereocenters. The lowest BCUT2D eigenvalue weighted by molar-refractivity contribution is 0.0698. The number of nitrogens with zero attached hydrogens (tertiary/aromatic N) is 3. The summed E-state index contributed by atoms with van der Waals surface area (Å²) in [6.07, 6.45) is 8.49. The zero-order valence-corrected chi connectivity index (χ0v) is 16.7. The molecule has 1 aliphatic carbocycles. The van der Waals surface area contributed by atoms with Crippen LogP contribution in [-0.2, 0) is 0 Å². The van der Waals surface area contributed by atoms with Crippen LogP contribution in [0, 0.1) is 5.92 Å². The van der Waals surface area contributed by atoms with E-state index in [4.69, 9.17) is 4.98 Å². The average molecular weight is 366 g/mol. The molecule has 1 aliphatic heterocycles. The second-order valence-corrected chi connectivity index (χ2v) is 8.45. The third kappa shape index (κ3) is 3.80. The third-order valence-corrected chi connectivity index (χ3v) is 6.36. The van der Waals surface area contributed by atoms with Crippen molar-refractivity contribution in [1.82, 2.24) is 9.88 Å². The van der Waals surface area contributed by atoms with Gasteiger partial charge in [0.25, 0.3) is 5.91 Å². The second kappa shape index (κ2) is 7.87. The minimum Gasteiger partial charge on any atom is -0.356 e. The fourth-order valence-corrected chi connectivity index (χ4v) is 4.72. The first kappa shape index (κ1) is 18.3. The highest BCUT2D eigenvalue weighted by molar-refractivity contribution is 6.07. The molecule has 0 bridgehead atoms. The Labute approximate surface area is 162 Å².